The van der Waals surface area contributed by atoms with Crippen LogP contribution < -0.4 is 0 Å². The first kappa shape index (κ1) is 10.8. The van der Waals surface area contributed by atoms with Crippen molar-refractivity contribution in [2.24, 2.45) is 0 Å². The number of hydrogen-bond acceptors (Lipinski definition) is 4. The highest BCUT2D eigenvalue weighted by Crippen LogP contribution is 1.98. The second kappa shape index (κ2) is 6.18. The Morgan fingerprint density at radius 2 is 2.15 bits per heavy atom. The third kappa shape index (κ3) is 5.08. The molecule has 0 amide bonds. The lowest BCUT2D eigenvalue weighted by molar-refractivity contribution is 0.0350. The van der Waals surface area contributed by atoms with Crippen molar-refractivity contribution in [1.82, 2.24) is 4.90 Å². The van der Waals surface area contributed by atoms with Crippen LogP contribution in [0.25, 0.3) is 0 Å². The van der Waals surface area contributed by atoms with Crippen molar-refractivity contribution in [3.63, 3.8) is 0 Å². The molecular weight excluding hydrogens is 194 g/mol. The van der Waals surface area contributed by atoms with Gasteiger partial charge in [-0.3, -0.25) is 4.90 Å². The van der Waals surface area contributed by atoms with Gasteiger partial charge in [0.2, 0.25) is 0 Å². The summed E-state index contributed by atoms with van der Waals surface area (Å²) in [6, 6.07) is 0. The summed E-state index contributed by atoms with van der Waals surface area (Å²) in [5.41, 5.74) is -0.720. The van der Waals surface area contributed by atoms with Gasteiger partial charge >= 0.3 is 5.43 Å². The fourth-order valence-corrected chi connectivity index (χ4v) is 1.34. The molecule has 0 bridgehead atoms. The number of rotatable bonds is 4. The highest BCUT2D eigenvalue weighted by molar-refractivity contribution is 6.61. The number of carbonyl (C=O) groups excluding carboxylic acids is 1. The summed E-state index contributed by atoms with van der Waals surface area (Å²) in [6.07, 6.45) is 0.832. The van der Waals surface area contributed by atoms with Crippen molar-refractivity contribution in [3.05, 3.63) is 0 Å². The molecular formula is C8H14ClNO3. The SMILES string of the molecule is O=C(Cl)OCCCN1CCOCC1. The van der Waals surface area contributed by atoms with Gasteiger partial charge in [0.05, 0.1) is 19.8 Å². The number of morpholine rings is 1. The van der Waals surface area contributed by atoms with E-state index in [-0.39, 0.29) is 0 Å². The number of hydrogen-bond donors (Lipinski definition) is 0. The summed E-state index contributed by atoms with van der Waals surface area (Å²) in [4.78, 5) is 12.5. The zero-order valence-corrected chi connectivity index (χ0v) is 8.26. The van der Waals surface area contributed by atoms with Crippen LogP contribution in [0, 0.1) is 0 Å². The molecule has 0 aromatic heterocycles. The fraction of sp³-hybridized carbons (Fsp3) is 0.875. The Morgan fingerprint density at radius 3 is 2.77 bits per heavy atom. The number of halogens is 1. The van der Waals surface area contributed by atoms with Crippen LogP contribution in [0.5, 0.6) is 0 Å². The lowest BCUT2D eigenvalue weighted by atomic mass is 10.3. The van der Waals surface area contributed by atoms with Crippen molar-refractivity contribution < 1.29 is 14.3 Å². The molecule has 0 spiro atoms. The largest absolute Gasteiger partial charge is 0.454 e. The standard InChI is InChI=1S/C8H14ClNO3/c9-8(11)13-5-1-2-10-3-6-12-7-4-10/h1-7H2. The molecule has 1 heterocycles. The number of carbonyl (C=O) groups is 1. The van der Waals surface area contributed by atoms with Gasteiger partial charge in [-0.05, 0) is 6.42 Å². The van der Waals surface area contributed by atoms with Crippen molar-refractivity contribution in [3.8, 4) is 0 Å². The van der Waals surface area contributed by atoms with E-state index in [2.05, 4.69) is 9.64 Å². The lowest BCUT2D eigenvalue weighted by Gasteiger charge is -2.26. The monoisotopic (exact) mass is 207 g/mol. The molecule has 0 N–H and O–H groups in total. The second-order valence-electron chi connectivity index (χ2n) is 2.89. The van der Waals surface area contributed by atoms with Crippen LogP contribution in [0.2, 0.25) is 0 Å². The second-order valence-corrected chi connectivity index (χ2v) is 3.20. The maximum atomic E-state index is 10.2. The lowest BCUT2D eigenvalue weighted by Crippen LogP contribution is -2.37. The van der Waals surface area contributed by atoms with Crippen LogP contribution in [0.15, 0.2) is 0 Å². The number of nitrogens with zero attached hydrogens (tertiary/aromatic N) is 1. The Hall–Kier alpha value is -0.320. The van der Waals surface area contributed by atoms with E-state index in [1.165, 1.54) is 0 Å². The predicted octanol–water partition coefficient (Wildman–Crippen LogP) is 1.08. The van der Waals surface area contributed by atoms with E-state index in [0.717, 1.165) is 39.3 Å². The first-order chi connectivity index (χ1) is 6.29. The maximum absolute atomic E-state index is 10.2. The molecule has 0 aliphatic carbocycles. The van der Waals surface area contributed by atoms with Crippen molar-refractivity contribution in [2.45, 2.75) is 6.42 Å². The summed E-state index contributed by atoms with van der Waals surface area (Å²) in [6.45, 7) is 4.88. The molecule has 13 heavy (non-hydrogen) atoms. The summed E-state index contributed by atoms with van der Waals surface area (Å²) >= 11 is 5.00. The molecule has 0 saturated carbocycles. The van der Waals surface area contributed by atoms with Gasteiger partial charge in [0.15, 0.2) is 0 Å². The van der Waals surface area contributed by atoms with Gasteiger partial charge < -0.3 is 9.47 Å². The van der Waals surface area contributed by atoms with Gasteiger partial charge in [-0.15, -0.1) is 0 Å². The van der Waals surface area contributed by atoms with E-state index >= 15 is 0 Å². The maximum Gasteiger partial charge on any atom is 0.403 e. The minimum absolute atomic E-state index is 0.402. The van der Waals surface area contributed by atoms with Crippen LogP contribution in [0.1, 0.15) is 6.42 Å². The van der Waals surface area contributed by atoms with Gasteiger partial charge in [0.1, 0.15) is 0 Å². The molecule has 4 nitrogen and oxygen atoms in total. The highest BCUT2D eigenvalue weighted by atomic mass is 35.5. The Labute approximate surface area is 82.7 Å². The van der Waals surface area contributed by atoms with Crippen LogP contribution in [-0.4, -0.2) is 49.8 Å². The van der Waals surface area contributed by atoms with Crippen molar-refractivity contribution >= 4 is 17.0 Å². The zero-order valence-electron chi connectivity index (χ0n) is 7.50. The molecule has 0 atom stereocenters. The molecule has 1 fully saturated rings. The zero-order chi connectivity index (χ0) is 9.52. The van der Waals surface area contributed by atoms with Gasteiger partial charge in [0, 0.05) is 31.2 Å². The smallest absolute Gasteiger partial charge is 0.403 e. The van der Waals surface area contributed by atoms with Gasteiger partial charge in [0.25, 0.3) is 0 Å². The first-order valence-corrected chi connectivity index (χ1v) is 4.79. The molecule has 0 unspecified atom stereocenters. The van der Waals surface area contributed by atoms with E-state index in [9.17, 15) is 4.79 Å². The Balaban J connectivity index is 1.95. The van der Waals surface area contributed by atoms with Crippen LogP contribution in [0.3, 0.4) is 0 Å². The average molecular weight is 208 g/mol. The van der Waals surface area contributed by atoms with Crippen molar-refractivity contribution in [1.29, 1.82) is 0 Å². The molecule has 5 heteroatoms. The van der Waals surface area contributed by atoms with Crippen LogP contribution in [0.4, 0.5) is 4.79 Å². The fourth-order valence-electron chi connectivity index (χ4n) is 1.27. The molecule has 1 aliphatic rings. The van der Waals surface area contributed by atoms with E-state index in [0.29, 0.717) is 6.61 Å². The summed E-state index contributed by atoms with van der Waals surface area (Å²) in [5, 5.41) is 0. The van der Waals surface area contributed by atoms with Gasteiger partial charge in [-0.2, -0.15) is 0 Å². The molecule has 0 aromatic rings. The normalized spacial score (nSPS) is 18.5. The molecule has 0 aromatic carbocycles. The number of ether oxygens (including phenoxy) is 2. The molecule has 1 rings (SSSR count). The molecule has 1 saturated heterocycles. The van der Waals surface area contributed by atoms with Crippen LogP contribution >= 0.6 is 11.6 Å². The molecule has 76 valence electrons. The van der Waals surface area contributed by atoms with Gasteiger partial charge in [-0.1, -0.05) is 0 Å². The Kier molecular flexibility index (Phi) is 5.12. The molecule has 1 aliphatic heterocycles. The van der Waals surface area contributed by atoms with Crippen LogP contribution in [-0.2, 0) is 9.47 Å². The summed E-state index contributed by atoms with van der Waals surface area (Å²) in [5.74, 6) is 0. The topological polar surface area (TPSA) is 38.8 Å². The minimum Gasteiger partial charge on any atom is -0.454 e. The van der Waals surface area contributed by atoms with Gasteiger partial charge in [-0.25, -0.2) is 4.79 Å². The van der Waals surface area contributed by atoms with E-state index < -0.39 is 5.43 Å². The Morgan fingerprint density at radius 1 is 1.46 bits per heavy atom. The quantitative estimate of drug-likeness (QED) is 0.511. The van der Waals surface area contributed by atoms with Crippen molar-refractivity contribution in [2.75, 3.05) is 39.5 Å². The third-order valence-corrected chi connectivity index (χ3v) is 2.05. The summed E-state index contributed by atoms with van der Waals surface area (Å²) in [7, 11) is 0. The molecule has 0 radical (unpaired) electrons. The average Bonchev–Trinajstić information content (AvgIpc) is 2.14. The van der Waals surface area contributed by atoms with E-state index in [1.54, 1.807) is 0 Å². The highest BCUT2D eigenvalue weighted by Gasteiger charge is 2.09. The first-order valence-electron chi connectivity index (χ1n) is 4.41. The summed E-state index contributed by atoms with van der Waals surface area (Å²) < 4.78 is 9.80. The Bertz CT molecular complexity index is 159. The minimum atomic E-state index is -0.720. The van der Waals surface area contributed by atoms with E-state index in [4.69, 9.17) is 16.3 Å². The van der Waals surface area contributed by atoms with E-state index in [1.807, 2.05) is 0 Å². The predicted molar refractivity (Wildman–Crippen MR) is 49.1 cm³/mol. The third-order valence-electron chi connectivity index (χ3n) is 1.94.